The van der Waals surface area contributed by atoms with E-state index in [9.17, 15) is 4.79 Å². The first kappa shape index (κ1) is 18.3. The largest absolute Gasteiger partial charge is 0.463 e. The molecule has 8 heteroatoms. The minimum atomic E-state index is -0.214. The molecule has 0 aliphatic rings. The number of hydrogen-bond donors (Lipinski definition) is 3. The van der Waals surface area contributed by atoms with E-state index < -0.39 is 0 Å². The van der Waals surface area contributed by atoms with E-state index in [4.69, 9.17) is 10.5 Å². The normalized spacial score (nSPS) is 11.5. The van der Waals surface area contributed by atoms with Gasteiger partial charge in [-0.05, 0) is 25.8 Å². The van der Waals surface area contributed by atoms with Crippen LogP contribution in [0, 0.1) is 0 Å². The number of nitrogens with zero attached hydrogens (tertiary/aromatic N) is 3. The Bertz CT molecular complexity index is 706. The van der Waals surface area contributed by atoms with Crippen LogP contribution >= 0.6 is 0 Å². The predicted molar refractivity (Wildman–Crippen MR) is 95.3 cm³/mol. The SMILES string of the molecule is CCCCOc1nc(N)c2[nH]c(=O)n(CCCCNC(C)C)c2n1. The highest BCUT2D eigenvalue weighted by molar-refractivity contribution is 5.81. The Morgan fingerprint density at radius 2 is 2.08 bits per heavy atom. The summed E-state index contributed by atoms with van der Waals surface area (Å²) in [7, 11) is 0. The van der Waals surface area contributed by atoms with Gasteiger partial charge < -0.3 is 20.8 Å². The average molecular weight is 336 g/mol. The molecule has 0 saturated heterocycles. The molecule has 0 radical (unpaired) electrons. The van der Waals surface area contributed by atoms with E-state index in [2.05, 4.69) is 41.0 Å². The zero-order chi connectivity index (χ0) is 17.5. The van der Waals surface area contributed by atoms with Crippen LogP contribution in [-0.2, 0) is 6.54 Å². The van der Waals surface area contributed by atoms with Gasteiger partial charge in [0.1, 0.15) is 5.52 Å². The molecule has 2 heterocycles. The van der Waals surface area contributed by atoms with Gasteiger partial charge in [-0.25, -0.2) is 4.79 Å². The zero-order valence-corrected chi connectivity index (χ0v) is 14.8. The highest BCUT2D eigenvalue weighted by Gasteiger charge is 2.14. The van der Waals surface area contributed by atoms with Gasteiger partial charge in [-0.15, -0.1) is 0 Å². The maximum Gasteiger partial charge on any atom is 0.327 e. The average Bonchev–Trinajstić information content (AvgIpc) is 2.84. The van der Waals surface area contributed by atoms with Crippen molar-refractivity contribution in [2.24, 2.45) is 0 Å². The van der Waals surface area contributed by atoms with Crippen LogP contribution in [0.5, 0.6) is 6.01 Å². The van der Waals surface area contributed by atoms with E-state index in [1.165, 1.54) is 0 Å². The van der Waals surface area contributed by atoms with Crippen LogP contribution in [0.3, 0.4) is 0 Å². The molecule has 0 spiro atoms. The van der Waals surface area contributed by atoms with Gasteiger partial charge in [-0.3, -0.25) is 4.57 Å². The summed E-state index contributed by atoms with van der Waals surface area (Å²) in [5.41, 5.74) is 6.70. The number of ether oxygens (including phenoxy) is 1. The third-order valence-electron chi connectivity index (χ3n) is 3.72. The Labute approximate surface area is 141 Å². The molecule has 0 bridgehead atoms. The molecule has 0 amide bonds. The lowest BCUT2D eigenvalue weighted by Gasteiger charge is -2.08. The van der Waals surface area contributed by atoms with Crippen molar-refractivity contribution in [2.45, 2.75) is 59.0 Å². The van der Waals surface area contributed by atoms with E-state index >= 15 is 0 Å². The predicted octanol–water partition coefficient (Wildman–Crippen LogP) is 1.66. The number of rotatable bonds is 10. The smallest absolute Gasteiger partial charge is 0.327 e. The lowest BCUT2D eigenvalue weighted by atomic mass is 10.3. The molecular weight excluding hydrogens is 308 g/mol. The van der Waals surface area contributed by atoms with E-state index in [1.54, 1.807) is 4.57 Å². The number of fused-ring (bicyclic) bond motifs is 1. The molecule has 0 unspecified atom stereocenters. The van der Waals surface area contributed by atoms with Crippen molar-refractivity contribution in [3.05, 3.63) is 10.5 Å². The van der Waals surface area contributed by atoms with Crippen LogP contribution in [0.4, 0.5) is 5.82 Å². The molecule has 0 aliphatic carbocycles. The highest BCUT2D eigenvalue weighted by atomic mass is 16.5. The maximum atomic E-state index is 12.2. The quantitative estimate of drug-likeness (QED) is 0.569. The third-order valence-corrected chi connectivity index (χ3v) is 3.72. The summed E-state index contributed by atoms with van der Waals surface area (Å²) in [6, 6.07) is 0.693. The summed E-state index contributed by atoms with van der Waals surface area (Å²) in [5.74, 6) is 0.240. The maximum absolute atomic E-state index is 12.2. The monoisotopic (exact) mass is 336 g/mol. The van der Waals surface area contributed by atoms with Crippen LogP contribution in [0.2, 0.25) is 0 Å². The van der Waals surface area contributed by atoms with Gasteiger partial charge in [-0.2, -0.15) is 9.97 Å². The van der Waals surface area contributed by atoms with Gasteiger partial charge in [0.05, 0.1) is 6.61 Å². The van der Waals surface area contributed by atoms with Crippen molar-refractivity contribution in [2.75, 3.05) is 18.9 Å². The number of aromatic nitrogens is 4. The number of unbranched alkanes of at least 4 members (excludes halogenated alkanes) is 2. The number of anilines is 1. The Kier molecular flexibility index (Phi) is 6.60. The molecule has 0 aromatic carbocycles. The third kappa shape index (κ3) is 4.70. The first-order valence-electron chi connectivity index (χ1n) is 8.65. The summed E-state index contributed by atoms with van der Waals surface area (Å²) in [4.78, 5) is 23.4. The molecule has 2 aromatic rings. The van der Waals surface area contributed by atoms with Crippen molar-refractivity contribution < 1.29 is 4.74 Å². The van der Waals surface area contributed by atoms with Gasteiger partial charge in [-0.1, -0.05) is 27.2 Å². The summed E-state index contributed by atoms with van der Waals surface area (Å²) >= 11 is 0. The van der Waals surface area contributed by atoms with Crippen molar-refractivity contribution in [3.63, 3.8) is 0 Å². The van der Waals surface area contributed by atoms with Crippen molar-refractivity contribution in [1.29, 1.82) is 0 Å². The number of nitrogens with two attached hydrogens (primary N) is 1. The number of nitrogen functional groups attached to an aromatic ring is 1. The summed E-state index contributed by atoms with van der Waals surface area (Å²) in [6.45, 7) is 8.37. The highest BCUT2D eigenvalue weighted by Crippen LogP contribution is 2.18. The first-order chi connectivity index (χ1) is 11.5. The number of imidazole rings is 1. The van der Waals surface area contributed by atoms with Crippen LogP contribution in [0.25, 0.3) is 11.2 Å². The lowest BCUT2D eigenvalue weighted by Crippen LogP contribution is -2.24. The molecule has 2 rings (SSSR count). The standard InChI is InChI=1S/C16H28N6O2/c1-4-5-10-24-15-20-13(17)12-14(21-15)22(16(23)19-12)9-7-6-8-18-11(2)3/h11,18H,4-10H2,1-3H3,(H,19,23)(H2,17,20,21). The van der Waals surface area contributed by atoms with Crippen LogP contribution in [-0.4, -0.2) is 38.7 Å². The van der Waals surface area contributed by atoms with Crippen molar-refractivity contribution >= 4 is 17.0 Å². The van der Waals surface area contributed by atoms with Crippen LogP contribution < -0.4 is 21.5 Å². The topological polar surface area (TPSA) is 111 Å². The Hall–Kier alpha value is -2.09. The van der Waals surface area contributed by atoms with E-state index in [0.717, 1.165) is 32.2 Å². The summed E-state index contributed by atoms with van der Waals surface area (Å²) < 4.78 is 7.13. The molecule has 0 aliphatic heterocycles. The Morgan fingerprint density at radius 3 is 2.79 bits per heavy atom. The molecule has 4 N–H and O–H groups in total. The van der Waals surface area contributed by atoms with Gasteiger partial charge >= 0.3 is 11.7 Å². The zero-order valence-electron chi connectivity index (χ0n) is 14.8. The van der Waals surface area contributed by atoms with Crippen LogP contribution in [0.15, 0.2) is 4.79 Å². The minimum Gasteiger partial charge on any atom is -0.463 e. The second kappa shape index (κ2) is 8.68. The second-order valence-corrected chi connectivity index (χ2v) is 6.19. The second-order valence-electron chi connectivity index (χ2n) is 6.19. The lowest BCUT2D eigenvalue weighted by molar-refractivity contribution is 0.286. The molecule has 134 valence electrons. The van der Waals surface area contributed by atoms with Gasteiger partial charge in [0.2, 0.25) is 0 Å². The fourth-order valence-electron chi connectivity index (χ4n) is 2.40. The number of nitrogens with one attached hydrogen (secondary N) is 2. The fourth-order valence-corrected chi connectivity index (χ4v) is 2.40. The number of H-pyrrole nitrogens is 1. The molecule has 8 nitrogen and oxygen atoms in total. The van der Waals surface area contributed by atoms with Crippen LogP contribution in [0.1, 0.15) is 46.5 Å². The van der Waals surface area contributed by atoms with E-state index in [0.29, 0.717) is 30.4 Å². The fraction of sp³-hybridized carbons (Fsp3) is 0.688. The molecular formula is C16H28N6O2. The van der Waals surface area contributed by atoms with Crippen molar-refractivity contribution in [1.82, 2.24) is 24.8 Å². The molecule has 0 atom stereocenters. The summed E-state index contributed by atoms with van der Waals surface area (Å²) in [5, 5.41) is 3.36. The van der Waals surface area contributed by atoms with E-state index in [-0.39, 0.29) is 17.5 Å². The van der Waals surface area contributed by atoms with E-state index in [1.807, 2.05) is 0 Å². The summed E-state index contributed by atoms with van der Waals surface area (Å²) in [6.07, 6.45) is 3.81. The molecule has 0 fully saturated rings. The van der Waals surface area contributed by atoms with Gasteiger partial charge in [0, 0.05) is 12.6 Å². The van der Waals surface area contributed by atoms with Gasteiger partial charge in [0.25, 0.3) is 0 Å². The Balaban J connectivity index is 2.10. The minimum absolute atomic E-state index is 0.214. The molecule has 2 aromatic heterocycles. The number of aromatic amines is 1. The molecule has 24 heavy (non-hydrogen) atoms. The van der Waals surface area contributed by atoms with Crippen molar-refractivity contribution in [3.8, 4) is 6.01 Å². The number of aryl methyl sites for hydroxylation is 1. The Morgan fingerprint density at radius 1 is 1.29 bits per heavy atom. The van der Waals surface area contributed by atoms with Gasteiger partial charge in [0.15, 0.2) is 11.5 Å². The molecule has 0 saturated carbocycles. The number of hydrogen-bond acceptors (Lipinski definition) is 6. The first-order valence-corrected chi connectivity index (χ1v) is 8.65.